The van der Waals surface area contributed by atoms with E-state index in [0.717, 1.165) is 34.4 Å². The number of ether oxygens (including phenoxy) is 1. The fourth-order valence-corrected chi connectivity index (χ4v) is 4.70. The van der Waals surface area contributed by atoms with Crippen LogP contribution in [0.1, 0.15) is 33.7 Å². The highest BCUT2D eigenvalue weighted by atomic mass is 32.1. The van der Waals surface area contributed by atoms with Crippen molar-refractivity contribution >= 4 is 56.4 Å². The number of rotatable bonds is 3. The topological polar surface area (TPSA) is 128 Å². The highest BCUT2D eigenvalue weighted by Gasteiger charge is 2.36. The molecule has 34 heavy (non-hydrogen) atoms. The molecule has 1 aliphatic heterocycles. The standard InChI is InChI=1S/C21H18F3N5O4S/c1-8-15-16(25)17(34-18(15)27-10(3)26-8)20(32)33-9(2)19(31)29-7-14(30)28-12-6-11(21(22,23)24)4-5-13(12)29/h4-6,9H,7,25H2,1-3H3,(H,28,30). The lowest BCUT2D eigenvalue weighted by Crippen LogP contribution is -2.47. The van der Waals surface area contributed by atoms with Crippen LogP contribution in [0.2, 0.25) is 0 Å². The molecule has 3 heterocycles. The van der Waals surface area contributed by atoms with E-state index in [-0.39, 0.29) is 21.9 Å². The molecule has 1 aliphatic rings. The molecule has 1 unspecified atom stereocenters. The first-order chi connectivity index (χ1) is 15.9. The van der Waals surface area contributed by atoms with E-state index < -0.39 is 42.2 Å². The number of anilines is 3. The third kappa shape index (κ3) is 4.14. The van der Waals surface area contributed by atoms with Gasteiger partial charge in [-0.15, -0.1) is 11.3 Å². The van der Waals surface area contributed by atoms with E-state index >= 15 is 0 Å². The first kappa shape index (κ1) is 23.4. The van der Waals surface area contributed by atoms with Crippen LogP contribution >= 0.6 is 11.3 Å². The summed E-state index contributed by atoms with van der Waals surface area (Å²) in [5, 5.41) is 2.84. The van der Waals surface area contributed by atoms with Crippen molar-refractivity contribution < 1.29 is 32.3 Å². The van der Waals surface area contributed by atoms with E-state index in [0.29, 0.717) is 21.7 Å². The summed E-state index contributed by atoms with van der Waals surface area (Å²) >= 11 is 0.996. The smallest absolute Gasteiger partial charge is 0.416 e. The maximum Gasteiger partial charge on any atom is 0.416 e. The molecule has 3 N–H and O–H groups in total. The van der Waals surface area contributed by atoms with Crippen LogP contribution in [0.5, 0.6) is 0 Å². The summed E-state index contributed by atoms with van der Waals surface area (Å²) in [6, 6.07) is 2.63. The highest BCUT2D eigenvalue weighted by Crippen LogP contribution is 2.38. The number of fused-ring (bicyclic) bond motifs is 2. The lowest BCUT2D eigenvalue weighted by molar-refractivity contribution is -0.137. The Morgan fingerprint density at radius 3 is 2.65 bits per heavy atom. The summed E-state index contributed by atoms with van der Waals surface area (Å²) in [5.41, 5.74) is 5.74. The molecule has 3 aromatic rings. The molecule has 4 rings (SSSR count). The van der Waals surface area contributed by atoms with Gasteiger partial charge in [-0.1, -0.05) is 0 Å². The molecule has 9 nitrogen and oxygen atoms in total. The lowest BCUT2D eigenvalue weighted by atomic mass is 10.1. The number of nitrogens with two attached hydrogens (primary N) is 1. The number of halogens is 3. The first-order valence-electron chi connectivity index (χ1n) is 9.93. The number of benzene rings is 1. The van der Waals surface area contributed by atoms with Gasteiger partial charge in [-0.05, 0) is 39.0 Å². The second-order valence-electron chi connectivity index (χ2n) is 7.63. The van der Waals surface area contributed by atoms with Crippen molar-refractivity contribution in [2.75, 3.05) is 22.5 Å². The Labute approximate surface area is 194 Å². The van der Waals surface area contributed by atoms with Gasteiger partial charge in [0.05, 0.1) is 33.7 Å². The SMILES string of the molecule is Cc1nc(C)c2c(N)c(C(=O)OC(C)C(=O)N3CC(=O)Nc4cc(C(F)(F)F)ccc43)sc2n1. The second-order valence-corrected chi connectivity index (χ2v) is 8.63. The van der Waals surface area contributed by atoms with Crippen molar-refractivity contribution in [3.8, 4) is 0 Å². The summed E-state index contributed by atoms with van der Waals surface area (Å²) in [6.07, 6.45) is -5.98. The normalized spacial score (nSPS) is 14.5. The number of hydrogen-bond acceptors (Lipinski definition) is 8. The number of aryl methyl sites for hydroxylation is 2. The summed E-state index contributed by atoms with van der Waals surface area (Å²) < 4.78 is 44.4. The third-order valence-electron chi connectivity index (χ3n) is 5.15. The zero-order chi connectivity index (χ0) is 24.9. The number of aromatic nitrogens is 2. The van der Waals surface area contributed by atoms with Crippen LogP contribution in [-0.2, 0) is 20.5 Å². The largest absolute Gasteiger partial charge is 0.448 e. The average molecular weight is 493 g/mol. The number of nitrogen functional groups attached to an aromatic ring is 1. The molecule has 13 heteroatoms. The van der Waals surface area contributed by atoms with E-state index in [9.17, 15) is 27.6 Å². The van der Waals surface area contributed by atoms with Gasteiger partial charge < -0.3 is 15.8 Å². The molecule has 1 atom stereocenters. The van der Waals surface area contributed by atoms with E-state index in [2.05, 4.69) is 15.3 Å². The lowest BCUT2D eigenvalue weighted by Gasteiger charge is -2.31. The van der Waals surface area contributed by atoms with E-state index in [1.807, 2.05) is 0 Å². The quantitative estimate of drug-likeness (QED) is 0.535. The minimum absolute atomic E-state index is 0.0456. The molecular formula is C21H18F3N5O4S. The highest BCUT2D eigenvalue weighted by molar-refractivity contribution is 7.21. The van der Waals surface area contributed by atoms with Crippen molar-refractivity contribution in [1.82, 2.24) is 9.97 Å². The number of thiophene rings is 1. The molecule has 1 aromatic carbocycles. The fraction of sp³-hybridized carbons (Fsp3) is 0.286. The monoisotopic (exact) mass is 493 g/mol. The number of carbonyl (C=O) groups is 3. The molecule has 0 radical (unpaired) electrons. The average Bonchev–Trinajstić information content (AvgIpc) is 3.07. The van der Waals surface area contributed by atoms with Crippen molar-refractivity contribution in [3.05, 3.63) is 40.2 Å². The predicted molar refractivity (Wildman–Crippen MR) is 119 cm³/mol. The summed E-state index contributed by atoms with van der Waals surface area (Å²) in [6.45, 7) is 4.28. The molecule has 2 aromatic heterocycles. The molecule has 0 spiro atoms. The van der Waals surface area contributed by atoms with Crippen LogP contribution in [-0.4, -0.2) is 40.4 Å². The van der Waals surface area contributed by atoms with Crippen molar-refractivity contribution in [2.45, 2.75) is 33.1 Å². The second kappa shape index (κ2) is 8.24. The zero-order valence-electron chi connectivity index (χ0n) is 18.1. The molecular weight excluding hydrogens is 475 g/mol. The first-order valence-corrected chi connectivity index (χ1v) is 10.7. The van der Waals surface area contributed by atoms with Crippen LogP contribution in [0.25, 0.3) is 10.2 Å². The van der Waals surface area contributed by atoms with Gasteiger partial charge in [0.15, 0.2) is 6.10 Å². The number of carbonyl (C=O) groups excluding carboxylic acids is 3. The van der Waals surface area contributed by atoms with Gasteiger partial charge in [0.1, 0.15) is 22.1 Å². The van der Waals surface area contributed by atoms with Gasteiger partial charge in [0, 0.05) is 0 Å². The van der Waals surface area contributed by atoms with Crippen LogP contribution in [0.4, 0.5) is 30.2 Å². The van der Waals surface area contributed by atoms with Gasteiger partial charge in [0.2, 0.25) is 5.91 Å². The van der Waals surface area contributed by atoms with Crippen LogP contribution < -0.4 is 16.0 Å². The number of alkyl halides is 3. The zero-order valence-corrected chi connectivity index (χ0v) is 18.9. The number of hydrogen-bond donors (Lipinski definition) is 2. The van der Waals surface area contributed by atoms with Gasteiger partial charge in [0.25, 0.3) is 5.91 Å². The fourth-order valence-electron chi connectivity index (χ4n) is 3.63. The van der Waals surface area contributed by atoms with Gasteiger partial charge >= 0.3 is 12.1 Å². The third-order valence-corrected chi connectivity index (χ3v) is 6.23. The predicted octanol–water partition coefficient (Wildman–Crippen LogP) is 3.44. The maximum atomic E-state index is 13.0. The van der Waals surface area contributed by atoms with Crippen LogP contribution in [0, 0.1) is 13.8 Å². The molecule has 0 saturated heterocycles. The Morgan fingerprint density at radius 2 is 1.97 bits per heavy atom. The van der Waals surface area contributed by atoms with Crippen molar-refractivity contribution in [1.29, 1.82) is 0 Å². The summed E-state index contributed by atoms with van der Waals surface area (Å²) in [4.78, 5) is 47.8. The van der Waals surface area contributed by atoms with Crippen molar-refractivity contribution in [2.24, 2.45) is 0 Å². The minimum atomic E-state index is -4.62. The summed E-state index contributed by atoms with van der Waals surface area (Å²) in [7, 11) is 0. The number of nitrogens with one attached hydrogen (secondary N) is 1. The van der Waals surface area contributed by atoms with Crippen molar-refractivity contribution in [3.63, 3.8) is 0 Å². The Morgan fingerprint density at radius 1 is 1.26 bits per heavy atom. The molecule has 0 saturated carbocycles. The van der Waals surface area contributed by atoms with Gasteiger partial charge in [-0.2, -0.15) is 13.2 Å². The number of esters is 1. The van der Waals surface area contributed by atoms with Gasteiger partial charge in [-0.25, -0.2) is 14.8 Å². The Hall–Kier alpha value is -3.74. The molecule has 0 aliphatic carbocycles. The maximum absolute atomic E-state index is 13.0. The Bertz CT molecular complexity index is 1350. The Kier molecular flexibility index (Phi) is 5.67. The van der Waals surface area contributed by atoms with E-state index in [1.165, 1.54) is 6.92 Å². The number of nitrogens with zero attached hydrogens (tertiary/aromatic N) is 3. The molecule has 0 bridgehead atoms. The van der Waals surface area contributed by atoms with E-state index in [4.69, 9.17) is 10.5 Å². The molecule has 178 valence electrons. The van der Waals surface area contributed by atoms with Gasteiger partial charge in [-0.3, -0.25) is 14.5 Å². The molecule has 2 amide bonds. The Balaban J connectivity index is 1.58. The van der Waals surface area contributed by atoms with E-state index in [1.54, 1.807) is 13.8 Å². The minimum Gasteiger partial charge on any atom is -0.448 e. The number of amides is 2. The summed E-state index contributed by atoms with van der Waals surface area (Å²) in [5.74, 6) is -1.83. The van der Waals surface area contributed by atoms with Crippen LogP contribution in [0.3, 0.4) is 0 Å². The van der Waals surface area contributed by atoms with Crippen LogP contribution in [0.15, 0.2) is 18.2 Å². The molecule has 0 fully saturated rings.